The lowest BCUT2D eigenvalue weighted by Gasteiger charge is -2.14. The van der Waals surface area contributed by atoms with Crippen molar-refractivity contribution in [3.8, 4) is 0 Å². The minimum absolute atomic E-state index is 0.304. The first-order valence-corrected chi connectivity index (χ1v) is 6.08. The number of hydrogen-bond acceptors (Lipinski definition) is 4. The molecule has 2 rings (SSSR count). The molecule has 1 aliphatic heterocycles. The summed E-state index contributed by atoms with van der Waals surface area (Å²) in [5.41, 5.74) is 5.62. The number of allylic oxidation sites excluding steroid dienone is 1. The maximum atomic E-state index is 11.8. The van der Waals surface area contributed by atoms with Gasteiger partial charge in [-0.1, -0.05) is 0 Å². The summed E-state index contributed by atoms with van der Waals surface area (Å²) in [4.78, 5) is 23.2. The van der Waals surface area contributed by atoms with Crippen LogP contribution in [-0.4, -0.2) is 18.4 Å². The Morgan fingerprint density at radius 2 is 2.29 bits per heavy atom. The van der Waals surface area contributed by atoms with Crippen LogP contribution in [0.2, 0.25) is 0 Å². The summed E-state index contributed by atoms with van der Waals surface area (Å²) in [5, 5.41) is 4.32. The largest absolute Gasteiger partial charge is 0.488 e. The molecule has 1 aromatic rings. The quantitative estimate of drug-likeness (QED) is 0.854. The molecule has 6 heteroatoms. The second-order valence-electron chi connectivity index (χ2n) is 3.54. The summed E-state index contributed by atoms with van der Waals surface area (Å²) < 4.78 is 5.23. The van der Waals surface area contributed by atoms with Crippen molar-refractivity contribution in [3.63, 3.8) is 0 Å². The standard InChI is InChI=1S/C11H12N2O3S/c12-10(14)9-7(4-6-17-9)13-11(15)8-3-1-2-5-16-8/h3-4,6H,1-2,5H2,(H2,12,14)(H,13,15). The second kappa shape index (κ2) is 5.01. The Kier molecular flexibility index (Phi) is 3.43. The Balaban J connectivity index is 2.10. The Bertz CT molecular complexity index is 479. The molecule has 0 saturated carbocycles. The molecule has 3 N–H and O–H groups in total. The van der Waals surface area contributed by atoms with E-state index in [9.17, 15) is 9.59 Å². The van der Waals surface area contributed by atoms with Crippen molar-refractivity contribution in [1.29, 1.82) is 0 Å². The van der Waals surface area contributed by atoms with Crippen molar-refractivity contribution in [3.05, 3.63) is 28.2 Å². The fraction of sp³-hybridized carbons (Fsp3) is 0.273. The first-order valence-electron chi connectivity index (χ1n) is 5.20. The van der Waals surface area contributed by atoms with Crippen LogP contribution in [0.4, 0.5) is 5.69 Å². The van der Waals surface area contributed by atoms with Gasteiger partial charge in [0.2, 0.25) is 0 Å². The topological polar surface area (TPSA) is 81.4 Å². The van der Waals surface area contributed by atoms with Gasteiger partial charge in [-0.25, -0.2) is 0 Å². The molecular weight excluding hydrogens is 240 g/mol. The molecule has 1 aromatic heterocycles. The number of carbonyl (C=O) groups is 2. The lowest BCUT2D eigenvalue weighted by molar-refractivity contribution is -0.116. The van der Waals surface area contributed by atoms with Gasteiger partial charge in [-0.05, 0) is 30.4 Å². The van der Waals surface area contributed by atoms with Crippen molar-refractivity contribution < 1.29 is 14.3 Å². The van der Waals surface area contributed by atoms with Gasteiger partial charge in [0, 0.05) is 0 Å². The molecule has 1 aliphatic rings. The highest BCUT2D eigenvalue weighted by atomic mass is 32.1. The van der Waals surface area contributed by atoms with Crippen molar-refractivity contribution in [2.24, 2.45) is 5.73 Å². The summed E-state index contributed by atoms with van der Waals surface area (Å²) in [6, 6.07) is 1.64. The summed E-state index contributed by atoms with van der Waals surface area (Å²) >= 11 is 1.20. The molecule has 0 aliphatic carbocycles. The van der Waals surface area contributed by atoms with Crippen LogP contribution in [0.3, 0.4) is 0 Å². The van der Waals surface area contributed by atoms with Crippen LogP contribution in [0.25, 0.3) is 0 Å². The minimum atomic E-state index is -0.547. The number of nitrogens with one attached hydrogen (secondary N) is 1. The minimum Gasteiger partial charge on any atom is -0.488 e. The Labute approximate surface area is 102 Å². The molecule has 5 nitrogen and oxygen atoms in total. The predicted molar refractivity (Wildman–Crippen MR) is 64.7 cm³/mol. The first-order chi connectivity index (χ1) is 8.18. The number of carbonyl (C=O) groups excluding carboxylic acids is 2. The van der Waals surface area contributed by atoms with Gasteiger partial charge in [-0.3, -0.25) is 9.59 Å². The van der Waals surface area contributed by atoms with Gasteiger partial charge < -0.3 is 15.8 Å². The Hall–Kier alpha value is -1.82. The van der Waals surface area contributed by atoms with Crippen LogP contribution in [0.5, 0.6) is 0 Å². The van der Waals surface area contributed by atoms with Crippen LogP contribution in [-0.2, 0) is 9.53 Å². The molecule has 0 aromatic carbocycles. The maximum absolute atomic E-state index is 11.8. The average Bonchev–Trinajstić information content (AvgIpc) is 2.78. The normalized spacial score (nSPS) is 14.7. The molecule has 0 radical (unpaired) electrons. The Morgan fingerprint density at radius 1 is 1.47 bits per heavy atom. The van der Waals surface area contributed by atoms with Gasteiger partial charge in [0.15, 0.2) is 5.76 Å². The number of amides is 2. The molecule has 0 spiro atoms. The molecule has 0 saturated heterocycles. The van der Waals surface area contributed by atoms with E-state index in [4.69, 9.17) is 10.5 Å². The second-order valence-corrected chi connectivity index (χ2v) is 4.46. The third-order valence-electron chi connectivity index (χ3n) is 2.30. The number of nitrogens with two attached hydrogens (primary N) is 1. The Morgan fingerprint density at radius 3 is 2.94 bits per heavy atom. The van der Waals surface area contributed by atoms with E-state index in [1.165, 1.54) is 11.3 Å². The van der Waals surface area contributed by atoms with E-state index in [0.29, 0.717) is 22.9 Å². The molecule has 0 unspecified atom stereocenters. The van der Waals surface area contributed by atoms with Gasteiger partial charge in [0.1, 0.15) is 4.88 Å². The zero-order valence-corrected chi connectivity index (χ0v) is 9.88. The van der Waals surface area contributed by atoms with Crippen LogP contribution in [0, 0.1) is 0 Å². The zero-order valence-electron chi connectivity index (χ0n) is 9.06. The predicted octanol–water partition coefficient (Wildman–Crippen LogP) is 1.48. The molecular formula is C11H12N2O3S. The SMILES string of the molecule is NC(=O)c1sccc1NC(=O)C1=CCCCO1. The van der Waals surface area contributed by atoms with E-state index < -0.39 is 5.91 Å². The van der Waals surface area contributed by atoms with Crippen LogP contribution >= 0.6 is 11.3 Å². The highest BCUT2D eigenvalue weighted by Gasteiger charge is 2.17. The fourth-order valence-electron chi connectivity index (χ4n) is 1.50. The average molecular weight is 252 g/mol. The van der Waals surface area contributed by atoms with Crippen molar-refractivity contribution >= 4 is 28.8 Å². The number of primary amides is 1. The first kappa shape index (κ1) is 11.7. The number of thiophene rings is 1. The summed E-state index contributed by atoms with van der Waals surface area (Å²) in [6.45, 7) is 0.547. The van der Waals surface area contributed by atoms with Gasteiger partial charge >= 0.3 is 0 Å². The summed E-state index contributed by atoms with van der Waals surface area (Å²) in [7, 11) is 0. The monoisotopic (exact) mass is 252 g/mol. The van der Waals surface area contributed by atoms with Gasteiger partial charge in [-0.2, -0.15) is 0 Å². The molecule has 2 amide bonds. The van der Waals surface area contributed by atoms with Crippen LogP contribution in [0.15, 0.2) is 23.3 Å². The molecule has 2 heterocycles. The smallest absolute Gasteiger partial charge is 0.290 e. The van der Waals surface area contributed by atoms with Crippen LogP contribution < -0.4 is 11.1 Å². The fourth-order valence-corrected chi connectivity index (χ4v) is 2.20. The lowest BCUT2D eigenvalue weighted by Crippen LogP contribution is -2.20. The van der Waals surface area contributed by atoms with E-state index in [1.807, 2.05) is 0 Å². The van der Waals surface area contributed by atoms with Crippen molar-refractivity contribution in [2.75, 3.05) is 11.9 Å². The van der Waals surface area contributed by atoms with Gasteiger partial charge in [0.05, 0.1) is 12.3 Å². The molecule has 0 bridgehead atoms. The molecule has 17 heavy (non-hydrogen) atoms. The van der Waals surface area contributed by atoms with E-state index in [0.717, 1.165) is 12.8 Å². The summed E-state index contributed by atoms with van der Waals surface area (Å²) in [5.74, 6) is -0.586. The van der Waals surface area contributed by atoms with Gasteiger partial charge in [0.25, 0.3) is 11.8 Å². The number of rotatable bonds is 3. The van der Waals surface area contributed by atoms with Crippen LogP contribution in [0.1, 0.15) is 22.5 Å². The molecule has 0 atom stereocenters. The number of hydrogen-bond donors (Lipinski definition) is 2. The zero-order chi connectivity index (χ0) is 12.3. The molecule has 0 fully saturated rings. The van der Waals surface area contributed by atoms with E-state index >= 15 is 0 Å². The molecule has 90 valence electrons. The lowest BCUT2D eigenvalue weighted by atomic mass is 10.2. The van der Waals surface area contributed by atoms with Crippen molar-refractivity contribution in [2.45, 2.75) is 12.8 Å². The maximum Gasteiger partial charge on any atom is 0.290 e. The van der Waals surface area contributed by atoms with Gasteiger partial charge in [-0.15, -0.1) is 11.3 Å². The van der Waals surface area contributed by atoms with E-state index in [-0.39, 0.29) is 5.91 Å². The van der Waals surface area contributed by atoms with Crippen molar-refractivity contribution in [1.82, 2.24) is 0 Å². The van der Waals surface area contributed by atoms with E-state index in [2.05, 4.69) is 5.32 Å². The highest BCUT2D eigenvalue weighted by Crippen LogP contribution is 2.22. The summed E-state index contributed by atoms with van der Waals surface area (Å²) in [6.07, 6.45) is 3.49. The third kappa shape index (κ3) is 2.65. The third-order valence-corrected chi connectivity index (χ3v) is 3.23. The number of anilines is 1. The number of ether oxygens (including phenoxy) is 1. The highest BCUT2D eigenvalue weighted by molar-refractivity contribution is 7.12. The van der Waals surface area contributed by atoms with E-state index in [1.54, 1.807) is 17.5 Å².